The minimum atomic E-state index is -0.398. The molecular weight excluding hydrogens is 372 g/mol. The average molecular weight is 397 g/mol. The number of rotatable bonds is 7. The Morgan fingerprint density at radius 3 is 2.11 bits per heavy atom. The Hall–Kier alpha value is -2.82. The van der Waals surface area contributed by atoms with Crippen molar-refractivity contribution in [2.24, 2.45) is 5.73 Å². The van der Waals surface area contributed by atoms with Crippen LogP contribution in [-0.2, 0) is 24.3 Å². The Bertz CT molecular complexity index is 885. The molecule has 3 rings (SSSR count). The quantitative estimate of drug-likeness (QED) is 0.608. The highest BCUT2D eigenvalue weighted by Crippen LogP contribution is 2.21. The van der Waals surface area contributed by atoms with Gasteiger partial charge in [-0.25, -0.2) is 4.79 Å². The third-order valence-corrected chi connectivity index (χ3v) is 4.32. The summed E-state index contributed by atoms with van der Waals surface area (Å²) in [4.78, 5) is 11.8. The van der Waals surface area contributed by atoms with Crippen LogP contribution in [0.15, 0.2) is 78.9 Å². The smallest absolute Gasteiger partial charge is 0.407 e. The zero-order valence-corrected chi connectivity index (χ0v) is 16.5. The van der Waals surface area contributed by atoms with Crippen LogP contribution in [-0.4, -0.2) is 12.6 Å². The van der Waals surface area contributed by atoms with E-state index in [1.165, 1.54) is 0 Å². The molecule has 0 aliphatic rings. The lowest BCUT2D eigenvalue weighted by Crippen LogP contribution is -2.26. The van der Waals surface area contributed by atoms with Crippen LogP contribution in [0, 0.1) is 0 Å². The molecule has 0 saturated heterocycles. The van der Waals surface area contributed by atoms with Crippen molar-refractivity contribution in [3.8, 4) is 11.1 Å². The minimum absolute atomic E-state index is 0. The second-order valence-corrected chi connectivity index (χ2v) is 6.34. The number of nitrogens with two attached hydrogens (primary N) is 1. The lowest BCUT2D eigenvalue weighted by molar-refractivity contribution is 0.140. The largest absolute Gasteiger partial charge is 0.445 e. The van der Waals surface area contributed by atoms with Crippen LogP contribution in [0.1, 0.15) is 16.7 Å². The van der Waals surface area contributed by atoms with Gasteiger partial charge in [-0.1, -0.05) is 72.8 Å². The lowest BCUT2D eigenvalue weighted by Gasteiger charge is -2.09. The van der Waals surface area contributed by atoms with Crippen LogP contribution in [0.2, 0.25) is 0 Å². The number of amides is 1. The van der Waals surface area contributed by atoms with Gasteiger partial charge in [0.1, 0.15) is 6.61 Å². The lowest BCUT2D eigenvalue weighted by atomic mass is 10.00. The fraction of sp³-hybridized carbons (Fsp3) is 0.174. The predicted molar refractivity (Wildman–Crippen MR) is 115 cm³/mol. The van der Waals surface area contributed by atoms with Crippen LogP contribution in [0.5, 0.6) is 0 Å². The molecule has 5 heteroatoms. The fourth-order valence-corrected chi connectivity index (χ4v) is 2.87. The van der Waals surface area contributed by atoms with Gasteiger partial charge in [0.2, 0.25) is 0 Å². The normalized spacial score (nSPS) is 10.0. The summed E-state index contributed by atoms with van der Waals surface area (Å²) in [6.45, 7) is 1.34. The predicted octanol–water partition coefficient (Wildman–Crippen LogP) is 4.70. The Kier molecular flexibility index (Phi) is 8.53. The number of alkyl carbamates (subject to hydrolysis) is 1. The topological polar surface area (TPSA) is 64.3 Å². The molecule has 3 N–H and O–H groups in total. The number of ether oxygens (including phenoxy) is 1. The van der Waals surface area contributed by atoms with E-state index in [-0.39, 0.29) is 19.0 Å². The van der Waals surface area contributed by atoms with Crippen LogP contribution in [0.25, 0.3) is 11.1 Å². The van der Waals surface area contributed by atoms with Gasteiger partial charge in [0, 0.05) is 13.1 Å². The SMILES string of the molecule is Cl.NCc1cccc(-c2cccc(CCNC(=O)OCc3ccccc3)c2)c1. The third-order valence-electron chi connectivity index (χ3n) is 4.32. The summed E-state index contributed by atoms with van der Waals surface area (Å²) >= 11 is 0. The second-order valence-electron chi connectivity index (χ2n) is 6.34. The molecule has 4 nitrogen and oxygen atoms in total. The van der Waals surface area contributed by atoms with Gasteiger partial charge in [-0.15, -0.1) is 12.4 Å². The first-order valence-corrected chi connectivity index (χ1v) is 9.07. The Morgan fingerprint density at radius 2 is 1.43 bits per heavy atom. The summed E-state index contributed by atoms with van der Waals surface area (Å²) in [5.41, 5.74) is 11.3. The van der Waals surface area contributed by atoms with E-state index < -0.39 is 6.09 Å². The van der Waals surface area contributed by atoms with E-state index >= 15 is 0 Å². The number of halogens is 1. The van der Waals surface area contributed by atoms with Gasteiger partial charge in [0.25, 0.3) is 0 Å². The van der Waals surface area contributed by atoms with Crippen molar-refractivity contribution >= 4 is 18.5 Å². The molecule has 0 heterocycles. The summed E-state index contributed by atoms with van der Waals surface area (Å²) in [5, 5.41) is 2.80. The zero-order chi connectivity index (χ0) is 18.9. The molecule has 3 aromatic carbocycles. The summed E-state index contributed by atoms with van der Waals surface area (Å²) in [6.07, 6.45) is 0.343. The molecule has 0 bridgehead atoms. The van der Waals surface area contributed by atoms with Gasteiger partial charge in [0.15, 0.2) is 0 Å². The molecule has 28 heavy (non-hydrogen) atoms. The molecule has 0 saturated carbocycles. The molecule has 0 spiro atoms. The number of hydrogen-bond donors (Lipinski definition) is 2. The fourth-order valence-electron chi connectivity index (χ4n) is 2.87. The zero-order valence-electron chi connectivity index (χ0n) is 15.6. The summed E-state index contributed by atoms with van der Waals surface area (Å²) in [7, 11) is 0. The van der Waals surface area contributed by atoms with Gasteiger partial charge in [-0.2, -0.15) is 0 Å². The molecule has 3 aromatic rings. The molecular formula is C23H25ClN2O2. The maximum absolute atomic E-state index is 11.8. The van der Waals surface area contributed by atoms with Gasteiger partial charge in [0.05, 0.1) is 0 Å². The molecule has 0 aliphatic carbocycles. The van der Waals surface area contributed by atoms with E-state index in [0.29, 0.717) is 13.1 Å². The first-order valence-electron chi connectivity index (χ1n) is 9.07. The number of carbonyl (C=O) groups is 1. The molecule has 1 amide bonds. The highest BCUT2D eigenvalue weighted by atomic mass is 35.5. The van der Waals surface area contributed by atoms with Crippen LogP contribution in [0.3, 0.4) is 0 Å². The first kappa shape index (κ1) is 21.5. The van der Waals surface area contributed by atoms with E-state index in [9.17, 15) is 4.79 Å². The van der Waals surface area contributed by atoms with Crippen LogP contribution < -0.4 is 11.1 Å². The number of benzene rings is 3. The maximum atomic E-state index is 11.8. The van der Waals surface area contributed by atoms with Gasteiger partial charge in [-0.05, 0) is 40.3 Å². The number of nitrogens with one attached hydrogen (secondary N) is 1. The van der Waals surface area contributed by atoms with Crippen molar-refractivity contribution in [3.63, 3.8) is 0 Å². The van der Waals surface area contributed by atoms with Crippen molar-refractivity contribution in [3.05, 3.63) is 95.6 Å². The maximum Gasteiger partial charge on any atom is 0.407 e. The van der Waals surface area contributed by atoms with Gasteiger partial charge >= 0.3 is 6.09 Å². The Morgan fingerprint density at radius 1 is 0.821 bits per heavy atom. The Balaban J connectivity index is 0.00000280. The third kappa shape index (κ3) is 6.41. The van der Waals surface area contributed by atoms with Gasteiger partial charge < -0.3 is 15.8 Å². The first-order chi connectivity index (χ1) is 13.2. The highest BCUT2D eigenvalue weighted by Gasteiger charge is 2.04. The highest BCUT2D eigenvalue weighted by molar-refractivity contribution is 5.85. The summed E-state index contributed by atoms with van der Waals surface area (Å²) < 4.78 is 5.22. The average Bonchev–Trinajstić information content (AvgIpc) is 2.73. The van der Waals surface area contributed by atoms with Crippen LogP contribution >= 0.6 is 12.4 Å². The minimum Gasteiger partial charge on any atom is -0.445 e. The van der Waals surface area contributed by atoms with E-state index in [1.54, 1.807) is 0 Å². The Labute approximate surface area is 172 Å². The standard InChI is InChI=1S/C23H24N2O2.ClH/c24-16-20-9-5-11-22(15-20)21-10-4-8-18(14-21)12-13-25-23(26)27-17-19-6-2-1-3-7-19;/h1-11,14-15H,12-13,16-17,24H2,(H,25,26);1H. The summed E-state index contributed by atoms with van der Waals surface area (Å²) in [5.74, 6) is 0. The molecule has 0 radical (unpaired) electrons. The van der Waals surface area contributed by atoms with Crippen molar-refractivity contribution in [2.45, 2.75) is 19.6 Å². The van der Waals surface area contributed by atoms with E-state index in [2.05, 4.69) is 35.6 Å². The number of carbonyl (C=O) groups excluding carboxylic acids is 1. The second kappa shape index (κ2) is 11.1. The molecule has 0 fully saturated rings. The van der Waals surface area contributed by atoms with E-state index in [1.807, 2.05) is 48.5 Å². The van der Waals surface area contributed by atoms with E-state index in [0.717, 1.165) is 34.2 Å². The number of hydrogen-bond acceptors (Lipinski definition) is 3. The van der Waals surface area contributed by atoms with E-state index in [4.69, 9.17) is 10.5 Å². The van der Waals surface area contributed by atoms with Crippen molar-refractivity contribution in [1.82, 2.24) is 5.32 Å². The molecule has 0 unspecified atom stereocenters. The van der Waals surface area contributed by atoms with Crippen molar-refractivity contribution in [2.75, 3.05) is 6.54 Å². The monoisotopic (exact) mass is 396 g/mol. The molecule has 0 atom stereocenters. The summed E-state index contributed by atoms with van der Waals surface area (Å²) in [6, 6.07) is 26.2. The van der Waals surface area contributed by atoms with Crippen molar-refractivity contribution < 1.29 is 9.53 Å². The van der Waals surface area contributed by atoms with Gasteiger partial charge in [-0.3, -0.25) is 0 Å². The molecule has 146 valence electrons. The molecule has 0 aromatic heterocycles. The van der Waals surface area contributed by atoms with Crippen molar-refractivity contribution in [1.29, 1.82) is 0 Å². The molecule has 0 aliphatic heterocycles. The van der Waals surface area contributed by atoms with Crippen LogP contribution in [0.4, 0.5) is 4.79 Å².